The number of allylic oxidation sites excluding steroid dienone is 2. The monoisotopic (exact) mass is 399 g/mol. The van der Waals surface area contributed by atoms with E-state index in [0.717, 1.165) is 47.6 Å². The van der Waals surface area contributed by atoms with Gasteiger partial charge in [0.05, 0.1) is 5.71 Å². The average Bonchev–Trinajstić information content (AvgIpc) is 3.04. The van der Waals surface area contributed by atoms with Gasteiger partial charge in [-0.2, -0.15) is 0 Å². The van der Waals surface area contributed by atoms with Gasteiger partial charge in [0.2, 0.25) is 0 Å². The highest BCUT2D eigenvalue weighted by Gasteiger charge is 2.59. The number of rotatable bonds is 5. The maximum atomic E-state index is 9.26. The third-order valence-electron chi connectivity index (χ3n) is 10.4. The summed E-state index contributed by atoms with van der Waals surface area (Å²) in [6.07, 6.45) is 18.3. The van der Waals surface area contributed by atoms with E-state index < -0.39 is 0 Å². The summed E-state index contributed by atoms with van der Waals surface area (Å²) in [5, 5.41) is 12.8. The maximum Gasteiger partial charge on any atom is 0.0795 e. The van der Waals surface area contributed by atoms with Gasteiger partial charge in [-0.3, -0.25) is 0 Å². The minimum absolute atomic E-state index is 0.319. The van der Waals surface area contributed by atoms with Crippen LogP contribution >= 0.6 is 0 Å². The van der Waals surface area contributed by atoms with Gasteiger partial charge >= 0.3 is 0 Å². The topological polar surface area (TPSA) is 32.6 Å². The second kappa shape index (κ2) is 8.04. The van der Waals surface area contributed by atoms with Crippen molar-refractivity contribution in [3.8, 4) is 0 Å². The first kappa shape index (κ1) is 21.4. The van der Waals surface area contributed by atoms with Crippen molar-refractivity contribution in [1.29, 1.82) is 0 Å². The van der Waals surface area contributed by atoms with E-state index >= 15 is 0 Å². The largest absolute Gasteiger partial charge is 0.411 e. The van der Waals surface area contributed by atoms with Crippen molar-refractivity contribution in [3.05, 3.63) is 12.2 Å². The third-order valence-corrected chi connectivity index (χ3v) is 10.4. The summed E-state index contributed by atoms with van der Waals surface area (Å²) in [4.78, 5) is 0. The second-order valence-electron chi connectivity index (χ2n) is 12.2. The molecule has 2 heteroatoms. The second-order valence-corrected chi connectivity index (χ2v) is 12.2. The molecule has 0 radical (unpaired) electrons. The first-order valence-corrected chi connectivity index (χ1v) is 12.7. The summed E-state index contributed by atoms with van der Waals surface area (Å²) in [6, 6.07) is 0. The lowest BCUT2D eigenvalue weighted by Gasteiger charge is -2.59. The first-order valence-electron chi connectivity index (χ1n) is 12.7. The predicted molar refractivity (Wildman–Crippen MR) is 122 cm³/mol. The van der Waals surface area contributed by atoms with Crippen molar-refractivity contribution in [3.63, 3.8) is 0 Å². The van der Waals surface area contributed by atoms with Crippen LogP contribution in [0.3, 0.4) is 0 Å². The molecule has 0 heterocycles. The molecule has 0 aliphatic heterocycles. The molecule has 0 saturated heterocycles. The highest BCUT2D eigenvalue weighted by Crippen LogP contribution is 2.67. The van der Waals surface area contributed by atoms with Gasteiger partial charge in [0, 0.05) is 0 Å². The van der Waals surface area contributed by atoms with Crippen LogP contribution in [0.1, 0.15) is 98.8 Å². The first-order chi connectivity index (χ1) is 13.8. The zero-order valence-electron chi connectivity index (χ0n) is 19.7. The molecule has 29 heavy (non-hydrogen) atoms. The van der Waals surface area contributed by atoms with Gasteiger partial charge in [0.15, 0.2) is 0 Å². The van der Waals surface area contributed by atoms with Crippen LogP contribution in [0.2, 0.25) is 0 Å². The summed E-state index contributed by atoms with van der Waals surface area (Å²) in [6.45, 7) is 12.5. The van der Waals surface area contributed by atoms with Crippen molar-refractivity contribution in [1.82, 2.24) is 0 Å². The van der Waals surface area contributed by atoms with Gasteiger partial charge in [-0.25, -0.2) is 0 Å². The molecule has 0 unspecified atom stereocenters. The lowest BCUT2D eigenvalue weighted by molar-refractivity contribution is -0.0809. The molecule has 3 fully saturated rings. The number of oxime groups is 1. The Labute approximate surface area is 179 Å². The van der Waals surface area contributed by atoms with Crippen LogP contribution in [0.15, 0.2) is 17.3 Å². The lowest BCUT2D eigenvalue weighted by atomic mass is 9.45. The van der Waals surface area contributed by atoms with Crippen LogP contribution < -0.4 is 0 Å². The number of hydrogen-bond donors (Lipinski definition) is 1. The van der Waals surface area contributed by atoms with E-state index in [1.54, 1.807) is 0 Å². The SMILES string of the molecule is CC(C)CCC[C@@H](C)[C@H]1CC[C@H]2[C@@H]3CC[C@@H]4C/C(=N/O)C=C[C@]4(C)[C@H]3CC[C@]12C. The molecule has 0 aromatic rings. The lowest BCUT2D eigenvalue weighted by Crippen LogP contribution is -2.52. The molecule has 0 amide bonds. The molecule has 4 aliphatic rings. The van der Waals surface area contributed by atoms with Crippen LogP contribution in [0.4, 0.5) is 0 Å². The minimum Gasteiger partial charge on any atom is -0.411 e. The van der Waals surface area contributed by atoms with Crippen LogP contribution in [-0.2, 0) is 0 Å². The highest BCUT2D eigenvalue weighted by atomic mass is 16.4. The zero-order valence-corrected chi connectivity index (χ0v) is 19.7. The molecule has 0 spiro atoms. The fraction of sp³-hybridized carbons (Fsp3) is 0.889. The zero-order chi connectivity index (χ0) is 20.8. The number of hydrogen-bond acceptors (Lipinski definition) is 2. The van der Waals surface area contributed by atoms with E-state index in [9.17, 15) is 5.21 Å². The van der Waals surface area contributed by atoms with E-state index in [4.69, 9.17) is 0 Å². The normalized spacial score (nSPS) is 46.4. The smallest absolute Gasteiger partial charge is 0.0795 e. The fourth-order valence-corrected chi connectivity index (χ4v) is 8.75. The van der Waals surface area contributed by atoms with Crippen LogP contribution in [-0.4, -0.2) is 10.9 Å². The molecule has 8 atom stereocenters. The standard InChI is InChI=1S/C27H45NO/c1-18(2)7-6-8-19(3)23-11-12-24-22-10-9-20-17-21(28-29)13-15-26(20,4)25(22)14-16-27(23,24)5/h13,15,18-20,22-25,29H,6-12,14,16-17H2,1-5H3/b28-21+/t19-,20-,22+,23-,24+,25+,26+,27-/m1/s1. The summed E-state index contributed by atoms with van der Waals surface area (Å²) >= 11 is 0. The number of fused-ring (bicyclic) bond motifs is 5. The van der Waals surface area contributed by atoms with Crippen LogP contribution in [0.25, 0.3) is 0 Å². The Morgan fingerprint density at radius 2 is 1.83 bits per heavy atom. The van der Waals surface area contributed by atoms with Crippen LogP contribution in [0.5, 0.6) is 0 Å². The molecule has 2 nitrogen and oxygen atoms in total. The Morgan fingerprint density at radius 3 is 2.55 bits per heavy atom. The van der Waals surface area contributed by atoms with Crippen molar-refractivity contribution < 1.29 is 5.21 Å². The summed E-state index contributed by atoms with van der Waals surface area (Å²) in [7, 11) is 0. The maximum absolute atomic E-state index is 9.26. The van der Waals surface area contributed by atoms with E-state index in [0.29, 0.717) is 16.7 Å². The quantitative estimate of drug-likeness (QED) is 0.372. The Kier molecular flexibility index (Phi) is 5.95. The Bertz CT molecular complexity index is 651. The van der Waals surface area contributed by atoms with Crippen molar-refractivity contribution >= 4 is 5.71 Å². The summed E-state index contributed by atoms with van der Waals surface area (Å²) in [5.41, 5.74) is 1.79. The minimum atomic E-state index is 0.319. The molecule has 1 N–H and O–H groups in total. The third kappa shape index (κ3) is 3.61. The van der Waals surface area contributed by atoms with Gasteiger partial charge in [0.1, 0.15) is 0 Å². The summed E-state index contributed by atoms with van der Waals surface area (Å²) in [5.74, 6) is 6.06. The van der Waals surface area contributed by atoms with Gasteiger partial charge < -0.3 is 5.21 Å². The van der Waals surface area contributed by atoms with Crippen molar-refractivity contribution in [2.24, 2.45) is 57.4 Å². The van der Waals surface area contributed by atoms with Gasteiger partial charge in [0.25, 0.3) is 0 Å². The molecule has 4 aliphatic carbocycles. The van der Waals surface area contributed by atoms with Crippen LogP contribution in [0, 0.1) is 52.3 Å². The summed E-state index contributed by atoms with van der Waals surface area (Å²) < 4.78 is 0. The predicted octanol–water partition coefficient (Wildman–Crippen LogP) is 7.71. The average molecular weight is 400 g/mol. The van der Waals surface area contributed by atoms with Gasteiger partial charge in [-0.1, -0.05) is 65.1 Å². The fourth-order valence-electron chi connectivity index (χ4n) is 8.75. The van der Waals surface area contributed by atoms with Crippen molar-refractivity contribution in [2.45, 2.75) is 98.8 Å². The van der Waals surface area contributed by atoms with Gasteiger partial charge in [-0.15, -0.1) is 0 Å². The van der Waals surface area contributed by atoms with E-state index in [1.807, 2.05) is 0 Å². The van der Waals surface area contributed by atoms with Gasteiger partial charge in [-0.05, 0) is 103 Å². The van der Waals surface area contributed by atoms with E-state index in [2.05, 4.69) is 51.9 Å². The Hall–Kier alpha value is -0.790. The molecular weight excluding hydrogens is 354 g/mol. The molecule has 0 aromatic heterocycles. The highest BCUT2D eigenvalue weighted by molar-refractivity contribution is 5.95. The molecule has 4 rings (SSSR count). The molecular formula is C27H45NO. The van der Waals surface area contributed by atoms with E-state index in [1.165, 1.54) is 57.8 Å². The Morgan fingerprint density at radius 1 is 1.03 bits per heavy atom. The molecule has 0 bridgehead atoms. The number of nitrogens with zero attached hydrogens (tertiary/aromatic N) is 1. The molecule has 3 saturated carbocycles. The van der Waals surface area contributed by atoms with E-state index in [-0.39, 0.29) is 0 Å². The van der Waals surface area contributed by atoms with Crippen molar-refractivity contribution in [2.75, 3.05) is 0 Å². The molecule has 0 aromatic carbocycles. The molecule has 164 valence electrons. The Balaban J connectivity index is 1.49.